The molecule has 0 radical (unpaired) electrons. The van der Waals surface area contributed by atoms with Gasteiger partial charge in [-0.2, -0.15) is 9.29 Å². The number of pyridine rings is 1. The van der Waals surface area contributed by atoms with Gasteiger partial charge in [0.15, 0.2) is 0 Å². The molecule has 0 bridgehead atoms. The monoisotopic (exact) mass is 388 g/mol. The molecule has 0 aliphatic carbocycles. The van der Waals surface area contributed by atoms with Crippen molar-refractivity contribution in [3.05, 3.63) is 36.3 Å². The Balaban J connectivity index is 1.48. The number of anilines is 2. The van der Waals surface area contributed by atoms with Crippen LogP contribution in [0.2, 0.25) is 0 Å². The highest BCUT2D eigenvalue weighted by Crippen LogP contribution is 2.23. The summed E-state index contributed by atoms with van der Waals surface area (Å²) >= 11 is 0. The maximum Gasteiger partial charge on any atom is 0.244 e. The number of piperazine rings is 1. The summed E-state index contributed by atoms with van der Waals surface area (Å²) in [6.45, 7) is 6.05. The third-order valence-electron chi connectivity index (χ3n) is 5.05. The minimum absolute atomic E-state index is 0.243. The van der Waals surface area contributed by atoms with Crippen molar-refractivity contribution in [2.45, 2.75) is 24.7 Å². The van der Waals surface area contributed by atoms with E-state index in [2.05, 4.69) is 19.8 Å². The molecule has 0 N–H and O–H groups in total. The van der Waals surface area contributed by atoms with Crippen LogP contribution in [-0.4, -0.2) is 66.9 Å². The molecule has 9 heteroatoms. The number of rotatable bonds is 4. The summed E-state index contributed by atoms with van der Waals surface area (Å²) in [7, 11) is -3.49. The van der Waals surface area contributed by atoms with Crippen molar-refractivity contribution in [3.8, 4) is 0 Å². The fraction of sp³-hybridized carbons (Fsp3) is 0.500. The van der Waals surface area contributed by atoms with Gasteiger partial charge in [-0.05, 0) is 31.9 Å². The predicted molar refractivity (Wildman–Crippen MR) is 103 cm³/mol. The molecule has 2 aliphatic heterocycles. The zero-order valence-electron chi connectivity index (χ0n) is 15.5. The summed E-state index contributed by atoms with van der Waals surface area (Å²) in [4.78, 5) is 17.9. The summed E-state index contributed by atoms with van der Waals surface area (Å²) < 4.78 is 27.0. The smallest absolute Gasteiger partial charge is 0.244 e. The average Bonchev–Trinajstić information content (AvgIpc) is 3.23. The molecule has 4 heterocycles. The number of hydrogen-bond acceptors (Lipinski definition) is 7. The molecule has 0 spiro atoms. The summed E-state index contributed by atoms with van der Waals surface area (Å²) in [6, 6.07) is 5.21. The Morgan fingerprint density at radius 1 is 0.963 bits per heavy atom. The minimum Gasteiger partial charge on any atom is -0.354 e. The van der Waals surface area contributed by atoms with Gasteiger partial charge < -0.3 is 9.80 Å². The molecule has 27 heavy (non-hydrogen) atoms. The molecule has 0 saturated carbocycles. The van der Waals surface area contributed by atoms with E-state index in [1.54, 1.807) is 18.3 Å². The van der Waals surface area contributed by atoms with Crippen molar-refractivity contribution in [2.24, 2.45) is 0 Å². The Labute approximate surface area is 159 Å². The van der Waals surface area contributed by atoms with Crippen LogP contribution in [0.25, 0.3) is 0 Å². The first-order valence-corrected chi connectivity index (χ1v) is 10.7. The predicted octanol–water partition coefficient (Wildman–Crippen LogP) is 1.29. The van der Waals surface area contributed by atoms with Crippen LogP contribution in [0.15, 0.2) is 35.5 Å². The molecule has 2 aromatic heterocycles. The second kappa shape index (κ2) is 7.40. The van der Waals surface area contributed by atoms with Crippen molar-refractivity contribution >= 4 is 21.8 Å². The lowest BCUT2D eigenvalue weighted by atomic mass is 10.3. The van der Waals surface area contributed by atoms with Crippen LogP contribution in [0.4, 0.5) is 11.8 Å². The normalized spacial score (nSPS) is 18.9. The third-order valence-corrected chi connectivity index (χ3v) is 6.93. The van der Waals surface area contributed by atoms with Crippen molar-refractivity contribution in [2.75, 3.05) is 49.1 Å². The molecule has 2 saturated heterocycles. The Bertz CT molecular complexity index is 891. The Hall–Kier alpha value is -2.26. The molecule has 0 atom stereocenters. The first-order valence-electron chi connectivity index (χ1n) is 9.30. The lowest BCUT2D eigenvalue weighted by Gasteiger charge is -2.35. The molecule has 4 rings (SSSR count). The van der Waals surface area contributed by atoms with E-state index < -0.39 is 10.0 Å². The van der Waals surface area contributed by atoms with Gasteiger partial charge in [-0.3, -0.25) is 4.98 Å². The summed E-state index contributed by atoms with van der Waals surface area (Å²) in [5, 5.41) is 0. The van der Waals surface area contributed by atoms with E-state index >= 15 is 0 Å². The lowest BCUT2D eigenvalue weighted by Crippen LogP contribution is -2.49. The van der Waals surface area contributed by atoms with E-state index in [0.717, 1.165) is 30.5 Å². The molecular formula is C18H24N6O2S. The van der Waals surface area contributed by atoms with Crippen molar-refractivity contribution < 1.29 is 8.42 Å². The second-order valence-corrected chi connectivity index (χ2v) is 8.88. The Morgan fingerprint density at radius 3 is 2.37 bits per heavy atom. The first-order chi connectivity index (χ1) is 13.0. The maximum absolute atomic E-state index is 12.7. The highest BCUT2D eigenvalue weighted by Gasteiger charge is 2.29. The molecule has 2 aliphatic rings. The molecule has 0 amide bonds. The van der Waals surface area contributed by atoms with Gasteiger partial charge in [0.05, 0.1) is 0 Å². The van der Waals surface area contributed by atoms with Gasteiger partial charge in [-0.15, -0.1) is 0 Å². The fourth-order valence-electron chi connectivity index (χ4n) is 3.56. The van der Waals surface area contributed by atoms with Crippen LogP contribution in [0.1, 0.15) is 18.5 Å². The summed E-state index contributed by atoms with van der Waals surface area (Å²) in [6.07, 6.45) is 5.33. The van der Waals surface area contributed by atoms with Gasteiger partial charge in [-0.25, -0.2) is 13.4 Å². The number of sulfonamides is 1. The van der Waals surface area contributed by atoms with Gasteiger partial charge in [0, 0.05) is 63.4 Å². The number of aryl methyl sites for hydroxylation is 1. The van der Waals surface area contributed by atoms with E-state index in [4.69, 9.17) is 4.98 Å². The van der Waals surface area contributed by atoms with Gasteiger partial charge in [0.25, 0.3) is 0 Å². The topological polar surface area (TPSA) is 82.5 Å². The zero-order valence-corrected chi connectivity index (χ0v) is 16.3. The number of aromatic nitrogens is 3. The molecule has 0 aromatic carbocycles. The van der Waals surface area contributed by atoms with Crippen molar-refractivity contribution in [1.82, 2.24) is 19.3 Å². The summed E-state index contributed by atoms with van der Waals surface area (Å²) in [5.74, 6) is 1.66. The zero-order chi connectivity index (χ0) is 18.9. The van der Waals surface area contributed by atoms with Gasteiger partial charge >= 0.3 is 0 Å². The number of hydrogen-bond donors (Lipinski definition) is 0. The number of nitrogens with zero attached hydrogens (tertiary/aromatic N) is 6. The Morgan fingerprint density at radius 2 is 1.70 bits per heavy atom. The van der Waals surface area contributed by atoms with E-state index in [1.165, 1.54) is 23.3 Å². The fourth-order valence-corrected chi connectivity index (χ4v) is 4.95. The molecule has 2 fully saturated rings. The van der Waals surface area contributed by atoms with Crippen LogP contribution in [0.5, 0.6) is 0 Å². The molecule has 8 nitrogen and oxygen atoms in total. The Kier molecular flexibility index (Phi) is 4.96. The van der Waals surface area contributed by atoms with Crippen molar-refractivity contribution in [1.29, 1.82) is 0 Å². The van der Waals surface area contributed by atoms with E-state index in [0.29, 0.717) is 26.2 Å². The van der Waals surface area contributed by atoms with Gasteiger partial charge in [0.1, 0.15) is 10.7 Å². The maximum atomic E-state index is 12.7. The van der Waals surface area contributed by atoms with E-state index in [9.17, 15) is 8.42 Å². The van der Waals surface area contributed by atoms with Gasteiger partial charge in [0.2, 0.25) is 16.0 Å². The molecule has 0 unspecified atom stereocenters. The molecule has 2 aromatic rings. The van der Waals surface area contributed by atoms with Crippen LogP contribution in [0, 0.1) is 6.92 Å². The average molecular weight is 388 g/mol. The first kappa shape index (κ1) is 18.1. The van der Waals surface area contributed by atoms with E-state index in [1.807, 2.05) is 13.0 Å². The van der Waals surface area contributed by atoms with Crippen LogP contribution >= 0.6 is 0 Å². The standard InChI is InChI=1S/C18H24N6O2S/c1-15-13-17(21-18(20-15)23-7-2-3-8-23)22-9-11-24(12-10-22)27(25,26)16-5-4-6-19-14-16/h4-6,13-14H,2-3,7-12H2,1H3. The molecule has 144 valence electrons. The third kappa shape index (κ3) is 3.74. The second-order valence-electron chi connectivity index (χ2n) is 6.94. The highest BCUT2D eigenvalue weighted by molar-refractivity contribution is 7.89. The lowest BCUT2D eigenvalue weighted by molar-refractivity contribution is 0.383. The van der Waals surface area contributed by atoms with E-state index in [-0.39, 0.29) is 4.90 Å². The van der Waals surface area contributed by atoms with Crippen LogP contribution < -0.4 is 9.80 Å². The van der Waals surface area contributed by atoms with Gasteiger partial charge in [-0.1, -0.05) is 0 Å². The van der Waals surface area contributed by atoms with Crippen LogP contribution in [0.3, 0.4) is 0 Å². The molecular weight excluding hydrogens is 364 g/mol. The van der Waals surface area contributed by atoms with Crippen LogP contribution in [-0.2, 0) is 10.0 Å². The summed E-state index contributed by atoms with van der Waals surface area (Å²) in [5.41, 5.74) is 0.937. The highest BCUT2D eigenvalue weighted by atomic mass is 32.2. The minimum atomic E-state index is -3.49. The largest absolute Gasteiger partial charge is 0.354 e. The quantitative estimate of drug-likeness (QED) is 0.780. The van der Waals surface area contributed by atoms with Crippen molar-refractivity contribution in [3.63, 3.8) is 0 Å². The SMILES string of the molecule is Cc1cc(N2CCN(S(=O)(=O)c3cccnc3)CC2)nc(N2CCCC2)n1.